The van der Waals surface area contributed by atoms with Crippen molar-refractivity contribution in [2.24, 2.45) is 12.1 Å². The normalized spacial score (nSPS) is 17.0. The zero-order valence-electron chi connectivity index (χ0n) is 13.9. The number of Topliss-reactive ketones (excluding diaryl/α,β-unsaturated/α-hetero) is 1. The summed E-state index contributed by atoms with van der Waals surface area (Å²) in [6.07, 6.45) is 1.12. The van der Waals surface area contributed by atoms with E-state index in [4.69, 9.17) is 0 Å². The fourth-order valence-corrected chi connectivity index (χ4v) is 2.55. The summed E-state index contributed by atoms with van der Waals surface area (Å²) in [6.45, 7) is -0.334. The van der Waals surface area contributed by atoms with Crippen LogP contribution in [0, 0.1) is 5.82 Å². The Morgan fingerprint density at radius 3 is 2.50 bits per heavy atom. The molecule has 1 atom stereocenters. The summed E-state index contributed by atoms with van der Waals surface area (Å²) in [5.41, 5.74) is -1.84. The summed E-state index contributed by atoms with van der Waals surface area (Å²) >= 11 is 0. The van der Waals surface area contributed by atoms with Crippen LogP contribution in [-0.4, -0.2) is 44.3 Å². The minimum atomic E-state index is -1.30. The van der Waals surface area contributed by atoms with E-state index in [0.29, 0.717) is 0 Å². The van der Waals surface area contributed by atoms with Gasteiger partial charge in [-0.05, 0) is 6.07 Å². The average molecular weight is 359 g/mol. The largest absolute Gasteiger partial charge is 0.347 e. The third-order valence-electron chi connectivity index (χ3n) is 3.99. The second-order valence-corrected chi connectivity index (χ2v) is 5.71. The molecule has 1 unspecified atom stereocenters. The van der Waals surface area contributed by atoms with Crippen molar-refractivity contribution >= 4 is 17.9 Å². The van der Waals surface area contributed by atoms with E-state index in [1.807, 2.05) is 0 Å². The van der Waals surface area contributed by atoms with Crippen molar-refractivity contribution in [2.75, 3.05) is 7.05 Å². The van der Waals surface area contributed by atoms with Crippen molar-refractivity contribution in [1.29, 1.82) is 0 Å². The zero-order chi connectivity index (χ0) is 19.0. The molecule has 2 aromatic rings. The highest BCUT2D eigenvalue weighted by Gasteiger charge is 2.35. The fourth-order valence-electron chi connectivity index (χ4n) is 2.55. The number of rotatable bonds is 3. The number of amides is 1. The van der Waals surface area contributed by atoms with Crippen LogP contribution in [0.25, 0.3) is 0 Å². The maximum Gasteiger partial charge on any atom is 0.347 e. The molecule has 1 aliphatic heterocycles. The number of nitrogens with zero attached hydrogens (tertiary/aromatic N) is 5. The number of hydrogen-bond acceptors (Lipinski definition) is 6. The van der Waals surface area contributed by atoms with E-state index >= 15 is 0 Å². The third kappa shape index (κ3) is 2.85. The third-order valence-corrected chi connectivity index (χ3v) is 3.99. The smallest absolute Gasteiger partial charge is 0.287 e. The molecule has 0 N–H and O–H groups in total. The molecule has 1 amide bonds. The van der Waals surface area contributed by atoms with Crippen molar-refractivity contribution in [3.8, 4) is 0 Å². The van der Waals surface area contributed by atoms with Crippen LogP contribution in [0.1, 0.15) is 17.2 Å². The molecule has 1 aliphatic rings. The van der Waals surface area contributed by atoms with Crippen molar-refractivity contribution in [3.63, 3.8) is 0 Å². The molecule has 9 nitrogen and oxygen atoms in total. The van der Waals surface area contributed by atoms with Gasteiger partial charge >= 0.3 is 11.6 Å². The van der Waals surface area contributed by atoms with E-state index in [2.05, 4.69) is 10.2 Å². The number of hydrogen-bond donors (Lipinski definition) is 0. The SMILES string of the molecule is CN1N=CC(c2nn(C)c(=O)n(Cc3ccccc3F)c2=O)C(=O)C1=O. The summed E-state index contributed by atoms with van der Waals surface area (Å²) in [5.74, 6) is -3.66. The van der Waals surface area contributed by atoms with Crippen LogP contribution < -0.4 is 11.2 Å². The van der Waals surface area contributed by atoms with Gasteiger partial charge in [-0.1, -0.05) is 18.2 Å². The molecule has 10 heteroatoms. The van der Waals surface area contributed by atoms with E-state index in [1.54, 1.807) is 6.07 Å². The van der Waals surface area contributed by atoms with Crippen molar-refractivity contribution in [1.82, 2.24) is 19.4 Å². The van der Waals surface area contributed by atoms with Gasteiger partial charge in [0.1, 0.15) is 17.4 Å². The standard InChI is InChI=1S/C16H14FN5O4/c1-20-15(25)13(23)10(7-18-20)12-14(24)22(16(26)21(2)19-12)8-9-5-3-4-6-11(9)17/h3-7,10H,8H2,1-2H3. The van der Waals surface area contributed by atoms with Gasteiger partial charge in [0.2, 0.25) is 5.78 Å². The number of carbonyl (C=O) groups excluding carboxylic acids is 2. The van der Waals surface area contributed by atoms with Crippen molar-refractivity contribution < 1.29 is 14.0 Å². The maximum absolute atomic E-state index is 13.9. The lowest BCUT2D eigenvalue weighted by Crippen LogP contribution is -2.47. The maximum atomic E-state index is 13.9. The van der Waals surface area contributed by atoms with Gasteiger partial charge in [-0.25, -0.2) is 18.9 Å². The topological polar surface area (TPSA) is 107 Å². The van der Waals surface area contributed by atoms with E-state index in [9.17, 15) is 23.6 Å². The van der Waals surface area contributed by atoms with Crippen LogP contribution in [0.3, 0.4) is 0 Å². The number of benzene rings is 1. The minimum Gasteiger partial charge on any atom is -0.287 e. The Morgan fingerprint density at radius 2 is 1.81 bits per heavy atom. The van der Waals surface area contributed by atoms with E-state index in [1.165, 1.54) is 32.3 Å². The first-order chi connectivity index (χ1) is 12.3. The second-order valence-electron chi connectivity index (χ2n) is 5.71. The predicted molar refractivity (Wildman–Crippen MR) is 88.3 cm³/mol. The predicted octanol–water partition coefficient (Wildman–Crippen LogP) is -0.760. The Labute approximate surface area is 146 Å². The number of ketones is 1. The Morgan fingerprint density at radius 1 is 1.12 bits per heavy atom. The van der Waals surface area contributed by atoms with Crippen LogP contribution in [0.4, 0.5) is 4.39 Å². The average Bonchev–Trinajstić information content (AvgIpc) is 2.62. The number of hydrazone groups is 1. The molecule has 0 aliphatic carbocycles. The number of aryl methyl sites for hydroxylation is 1. The first-order valence-electron chi connectivity index (χ1n) is 7.58. The first kappa shape index (κ1) is 17.4. The van der Waals surface area contributed by atoms with Crippen LogP contribution >= 0.6 is 0 Å². The monoisotopic (exact) mass is 359 g/mol. The van der Waals surface area contributed by atoms with Gasteiger partial charge in [-0.3, -0.25) is 19.0 Å². The van der Waals surface area contributed by atoms with E-state index in [-0.39, 0.29) is 17.8 Å². The molecule has 0 bridgehead atoms. The van der Waals surface area contributed by atoms with Gasteiger partial charge in [0, 0.05) is 25.9 Å². The number of carbonyl (C=O) groups is 2. The Bertz CT molecular complexity index is 1060. The molecular formula is C16H14FN5O4. The summed E-state index contributed by atoms with van der Waals surface area (Å²) in [7, 11) is 2.60. The highest BCUT2D eigenvalue weighted by molar-refractivity contribution is 6.42. The van der Waals surface area contributed by atoms with Crippen LogP contribution in [0.5, 0.6) is 0 Å². The lowest BCUT2D eigenvalue weighted by atomic mass is 10.00. The van der Waals surface area contributed by atoms with Gasteiger partial charge < -0.3 is 0 Å². The number of aromatic nitrogens is 3. The molecule has 26 heavy (non-hydrogen) atoms. The fraction of sp³-hybridized carbons (Fsp3) is 0.250. The van der Waals surface area contributed by atoms with Crippen LogP contribution in [0.2, 0.25) is 0 Å². The molecule has 3 rings (SSSR count). The van der Waals surface area contributed by atoms with E-state index in [0.717, 1.165) is 20.5 Å². The number of halogens is 1. The highest BCUT2D eigenvalue weighted by atomic mass is 19.1. The molecule has 0 radical (unpaired) electrons. The summed E-state index contributed by atoms with van der Waals surface area (Å²) in [5, 5.41) is 8.41. The quantitative estimate of drug-likeness (QED) is 0.670. The Balaban J connectivity index is 2.14. The van der Waals surface area contributed by atoms with Gasteiger partial charge in [0.15, 0.2) is 0 Å². The van der Waals surface area contributed by atoms with Crippen LogP contribution in [-0.2, 0) is 23.2 Å². The highest BCUT2D eigenvalue weighted by Crippen LogP contribution is 2.14. The molecule has 2 heterocycles. The summed E-state index contributed by atoms with van der Waals surface area (Å²) in [4.78, 5) is 49.0. The van der Waals surface area contributed by atoms with E-state index < -0.39 is 34.7 Å². The number of likely N-dealkylation sites (N-methyl/N-ethyl adjacent to an activating group) is 1. The van der Waals surface area contributed by atoms with Gasteiger partial charge in [-0.15, -0.1) is 0 Å². The van der Waals surface area contributed by atoms with Crippen molar-refractivity contribution in [2.45, 2.75) is 12.5 Å². The second kappa shape index (κ2) is 6.47. The van der Waals surface area contributed by atoms with Crippen LogP contribution in [0.15, 0.2) is 39.0 Å². The van der Waals surface area contributed by atoms with Crippen molar-refractivity contribution in [3.05, 3.63) is 62.2 Å². The molecule has 1 aromatic carbocycles. The molecular weight excluding hydrogens is 345 g/mol. The van der Waals surface area contributed by atoms with Gasteiger partial charge in [-0.2, -0.15) is 10.2 Å². The molecule has 1 aromatic heterocycles. The zero-order valence-corrected chi connectivity index (χ0v) is 13.9. The lowest BCUT2D eigenvalue weighted by Gasteiger charge is -2.20. The molecule has 0 saturated carbocycles. The molecule has 0 saturated heterocycles. The minimum absolute atomic E-state index is 0.128. The molecule has 0 fully saturated rings. The molecule has 0 spiro atoms. The summed E-state index contributed by atoms with van der Waals surface area (Å²) < 4.78 is 15.5. The first-order valence-corrected chi connectivity index (χ1v) is 7.58. The molecule has 134 valence electrons. The Kier molecular flexibility index (Phi) is 4.33. The Hall–Kier alpha value is -3.43. The lowest BCUT2D eigenvalue weighted by molar-refractivity contribution is -0.144. The van der Waals surface area contributed by atoms with Gasteiger partial charge in [0.25, 0.3) is 5.56 Å². The van der Waals surface area contributed by atoms with Gasteiger partial charge in [0.05, 0.1) is 6.54 Å². The summed E-state index contributed by atoms with van der Waals surface area (Å²) in [6, 6.07) is 5.70.